The zero-order chi connectivity index (χ0) is 18.8. The Morgan fingerprint density at radius 3 is 2.65 bits per heavy atom. The SMILES string of the molecule is CN=C(NCCC(=O)N1CCCC(C)C1)NCCc1ccc(OC)cc1. The Bertz CT molecular complexity index is 586. The van der Waals surface area contributed by atoms with Gasteiger partial charge in [-0.2, -0.15) is 0 Å². The quantitative estimate of drug-likeness (QED) is 0.577. The average molecular weight is 361 g/mol. The topological polar surface area (TPSA) is 66.0 Å². The first-order valence-corrected chi connectivity index (χ1v) is 9.47. The summed E-state index contributed by atoms with van der Waals surface area (Å²) >= 11 is 0. The van der Waals surface area contributed by atoms with Crippen LogP contribution in [0.25, 0.3) is 0 Å². The normalized spacial score (nSPS) is 17.7. The summed E-state index contributed by atoms with van der Waals surface area (Å²) in [4.78, 5) is 18.5. The minimum atomic E-state index is 0.234. The number of carbonyl (C=O) groups is 1. The maximum atomic E-state index is 12.3. The van der Waals surface area contributed by atoms with Crippen molar-refractivity contribution in [3.8, 4) is 5.75 Å². The number of benzene rings is 1. The van der Waals surface area contributed by atoms with E-state index in [9.17, 15) is 4.79 Å². The molecule has 0 radical (unpaired) electrons. The lowest BCUT2D eigenvalue weighted by atomic mass is 10.00. The first-order chi connectivity index (χ1) is 12.6. The number of ether oxygens (including phenoxy) is 1. The number of likely N-dealkylation sites (tertiary alicyclic amines) is 1. The number of amides is 1. The molecule has 1 aliphatic heterocycles. The zero-order valence-electron chi connectivity index (χ0n) is 16.3. The van der Waals surface area contributed by atoms with Crippen LogP contribution in [-0.2, 0) is 11.2 Å². The molecule has 0 spiro atoms. The van der Waals surface area contributed by atoms with Gasteiger partial charge in [-0.05, 0) is 42.9 Å². The summed E-state index contributed by atoms with van der Waals surface area (Å²) in [6, 6.07) is 8.06. The van der Waals surface area contributed by atoms with Crippen LogP contribution in [0.1, 0.15) is 31.7 Å². The maximum absolute atomic E-state index is 12.3. The molecule has 0 aromatic heterocycles. The fraction of sp³-hybridized carbons (Fsp3) is 0.600. The highest BCUT2D eigenvalue weighted by Crippen LogP contribution is 2.16. The van der Waals surface area contributed by atoms with E-state index in [-0.39, 0.29) is 5.91 Å². The number of aliphatic imine (C=N–C) groups is 1. The van der Waals surface area contributed by atoms with Crippen LogP contribution in [0, 0.1) is 5.92 Å². The Morgan fingerprint density at radius 2 is 2.00 bits per heavy atom. The number of rotatable bonds is 7. The second-order valence-corrected chi connectivity index (χ2v) is 6.86. The average Bonchev–Trinajstić information content (AvgIpc) is 2.67. The third-order valence-electron chi connectivity index (χ3n) is 4.73. The van der Waals surface area contributed by atoms with Gasteiger partial charge in [-0.1, -0.05) is 19.1 Å². The van der Waals surface area contributed by atoms with Crippen molar-refractivity contribution in [1.82, 2.24) is 15.5 Å². The molecule has 1 aromatic rings. The monoisotopic (exact) mass is 360 g/mol. The van der Waals surface area contributed by atoms with Crippen molar-refractivity contribution < 1.29 is 9.53 Å². The van der Waals surface area contributed by atoms with E-state index in [1.807, 2.05) is 17.0 Å². The second kappa shape index (κ2) is 10.7. The maximum Gasteiger partial charge on any atom is 0.224 e. The molecular formula is C20H32N4O2. The van der Waals surface area contributed by atoms with Crippen LogP contribution in [0.5, 0.6) is 5.75 Å². The van der Waals surface area contributed by atoms with E-state index in [0.717, 1.165) is 44.2 Å². The van der Waals surface area contributed by atoms with E-state index in [2.05, 4.69) is 34.7 Å². The van der Waals surface area contributed by atoms with E-state index in [1.54, 1.807) is 14.2 Å². The first kappa shape index (κ1) is 20.1. The molecular weight excluding hydrogens is 328 g/mol. The molecule has 2 N–H and O–H groups in total. The smallest absolute Gasteiger partial charge is 0.224 e. The van der Waals surface area contributed by atoms with Crippen molar-refractivity contribution in [2.75, 3.05) is 40.3 Å². The third kappa shape index (κ3) is 6.58. The Morgan fingerprint density at radius 1 is 1.27 bits per heavy atom. The van der Waals surface area contributed by atoms with Crippen LogP contribution in [0.15, 0.2) is 29.3 Å². The van der Waals surface area contributed by atoms with E-state index in [0.29, 0.717) is 18.9 Å². The van der Waals surface area contributed by atoms with Crippen molar-refractivity contribution in [1.29, 1.82) is 0 Å². The lowest BCUT2D eigenvalue weighted by Crippen LogP contribution is -2.42. The number of methoxy groups -OCH3 is 1. The summed E-state index contributed by atoms with van der Waals surface area (Å²) in [6.07, 6.45) is 3.75. The lowest BCUT2D eigenvalue weighted by molar-refractivity contribution is -0.132. The number of hydrogen-bond acceptors (Lipinski definition) is 3. The molecule has 6 nitrogen and oxygen atoms in total. The van der Waals surface area contributed by atoms with Crippen molar-refractivity contribution in [3.63, 3.8) is 0 Å². The molecule has 2 rings (SSSR count). The van der Waals surface area contributed by atoms with Gasteiger partial charge in [0, 0.05) is 39.6 Å². The second-order valence-electron chi connectivity index (χ2n) is 6.86. The molecule has 0 aliphatic carbocycles. The number of hydrogen-bond donors (Lipinski definition) is 2. The highest BCUT2D eigenvalue weighted by molar-refractivity contribution is 5.81. The summed E-state index contributed by atoms with van der Waals surface area (Å²) in [6.45, 7) is 5.40. The predicted molar refractivity (Wildman–Crippen MR) is 106 cm³/mol. The van der Waals surface area contributed by atoms with E-state index in [4.69, 9.17) is 4.74 Å². The van der Waals surface area contributed by atoms with Gasteiger partial charge >= 0.3 is 0 Å². The molecule has 1 heterocycles. The molecule has 6 heteroatoms. The number of nitrogens with one attached hydrogen (secondary N) is 2. The van der Waals surface area contributed by atoms with Crippen LogP contribution < -0.4 is 15.4 Å². The van der Waals surface area contributed by atoms with Gasteiger partial charge in [-0.15, -0.1) is 0 Å². The Kier molecular flexibility index (Phi) is 8.25. The van der Waals surface area contributed by atoms with Crippen LogP contribution in [-0.4, -0.2) is 57.1 Å². The standard InChI is InChI=1S/C20H32N4O2/c1-16-5-4-14-24(15-16)19(25)11-13-23-20(21-2)22-12-10-17-6-8-18(26-3)9-7-17/h6-9,16H,4-5,10-15H2,1-3H3,(H2,21,22,23). The van der Waals surface area contributed by atoms with E-state index in [1.165, 1.54) is 12.0 Å². The molecule has 26 heavy (non-hydrogen) atoms. The summed E-state index contributed by atoms with van der Waals surface area (Å²) in [5.41, 5.74) is 1.24. The van der Waals surface area contributed by atoms with Crippen LogP contribution in [0.4, 0.5) is 0 Å². The van der Waals surface area contributed by atoms with Crippen molar-refractivity contribution in [3.05, 3.63) is 29.8 Å². The molecule has 1 unspecified atom stereocenters. The Hall–Kier alpha value is -2.24. The number of carbonyl (C=O) groups excluding carboxylic acids is 1. The van der Waals surface area contributed by atoms with Gasteiger partial charge in [0.15, 0.2) is 5.96 Å². The molecule has 1 aliphatic rings. The van der Waals surface area contributed by atoms with Crippen molar-refractivity contribution in [2.45, 2.75) is 32.6 Å². The first-order valence-electron chi connectivity index (χ1n) is 9.47. The van der Waals surface area contributed by atoms with Gasteiger partial charge in [-0.25, -0.2) is 0 Å². The number of guanidine groups is 1. The molecule has 0 bridgehead atoms. The summed E-state index contributed by atoms with van der Waals surface area (Å²) in [7, 11) is 3.42. The van der Waals surface area contributed by atoms with Crippen LogP contribution >= 0.6 is 0 Å². The largest absolute Gasteiger partial charge is 0.497 e. The Balaban J connectivity index is 1.64. The van der Waals surface area contributed by atoms with Crippen molar-refractivity contribution in [2.24, 2.45) is 10.9 Å². The lowest BCUT2D eigenvalue weighted by Gasteiger charge is -2.31. The molecule has 1 fully saturated rings. The Labute approximate surface area is 157 Å². The van der Waals surface area contributed by atoms with Gasteiger partial charge in [0.05, 0.1) is 7.11 Å². The van der Waals surface area contributed by atoms with E-state index >= 15 is 0 Å². The molecule has 1 amide bonds. The molecule has 1 aromatic carbocycles. The van der Waals surface area contributed by atoms with Gasteiger partial charge in [0.2, 0.25) is 5.91 Å². The summed E-state index contributed by atoms with van der Waals surface area (Å²) < 4.78 is 5.17. The molecule has 1 atom stereocenters. The van der Waals surface area contributed by atoms with Crippen LogP contribution in [0.2, 0.25) is 0 Å². The fourth-order valence-corrected chi connectivity index (χ4v) is 3.20. The fourth-order valence-electron chi connectivity index (χ4n) is 3.20. The van der Waals surface area contributed by atoms with Gasteiger partial charge in [0.1, 0.15) is 5.75 Å². The summed E-state index contributed by atoms with van der Waals surface area (Å²) in [5.74, 6) is 2.45. The number of nitrogens with zero attached hydrogens (tertiary/aromatic N) is 2. The number of piperidine rings is 1. The van der Waals surface area contributed by atoms with E-state index < -0.39 is 0 Å². The predicted octanol–water partition coefficient (Wildman–Crippen LogP) is 2.05. The highest BCUT2D eigenvalue weighted by atomic mass is 16.5. The zero-order valence-corrected chi connectivity index (χ0v) is 16.3. The van der Waals surface area contributed by atoms with Gasteiger partial charge < -0.3 is 20.3 Å². The minimum absolute atomic E-state index is 0.234. The van der Waals surface area contributed by atoms with Crippen LogP contribution in [0.3, 0.4) is 0 Å². The molecule has 0 saturated carbocycles. The van der Waals surface area contributed by atoms with Crippen molar-refractivity contribution >= 4 is 11.9 Å². The summed E-state index contributed by atoms with van der Waals surface area (Å²) in [5, 5.41) is 6.52. The molecule has 1 saturated heterocycles. The van der Waals surface area contributed by atoms with Gasteiger partial charge in [0.25, 0.3) is 0 Å². The third-order valence-corrected chi connectivity index (χ3v) is 4.73. The molecule has 144 valence electrons. The van der Waals surface area contributed by atoms with Gasteiger partial charge in [-0.3, -0.25) is 9.79 Å². The highest BCUT2D eigenvalue weighted by Gasteiger charge is 2.20. The minimum Gasteiger partial charge on any atom is -0.497 e.